The van der Waals surface area contributed by atoms with Crippen molar-refractivity contribution in [2.45, 2.75) is 13.0 Å². The average Bonchev–Trinajstić information content (AvgIpc) is 2.42. The van der Waals surface area contributed by atoms with Gasteiger partial charge in [0, 0.05) is 5.56 Å². The van der Waals surface area contributed by atoms with E-state index in [1.54, 1.807) is 24.3 Å². The summed E-state index contributed by atoms with van der Waals surface area (Å²) in [5.74, 6) is -2.46. The predicted molar refractivity (Wildman–Crippen MR) is 70.2 cm³/mol. The summed E-state index contributed by atoms with van der Waals surface area (Å²) in [7, 11) is 0. The van der Waals surface area contributed by atoms with Crippen LogP contribution in [0.4, 0.5) is 0 Å². The van der Waals surface area contributed by atoms with Crippen molar-refractivity contribution in [3.63, 3.8) is 0 Å². The van der Waals surface area contributed by atoms with Crippen LogP contribution in [0, 0.1) is 6.92 Å². The first-order valence-electron chi connectivity index (χ1n) is 5.92. The predicted octanol–water partition coefficient (Wildman–Crippen LogP) is -0.713. The molecule has 0 heterocycles. The maximum Gasteiger partial charge on any atom is 0.328 e. The number of rotatable bonds is 6. The van der Waals surface area contributed by atoms with Crippen LogP contribution in [0.15, 0.2) is 24.3 Å². The number of aliphatic hydroxyl groups excluding tert-OH is 1. The highest BCUT2D eigenvalue weighted by Crippen LogP contribution is 2.02. The summed E-state index contributed by atoms with van der Waals surface area (Å²) in [6.07, 6.45) is 0. The highest BCUT2D eigenvalue weighted by atomic mass is 16.4. The number of carboxylic acid groups (broad SMARTS) is 1. The number of aliphatic hydroxyl groups is 1. The Morgan fingerprint density at radius 2 is 1.80 bits per heavy atom. The van der Waals surface area contributed by atoms with Crippen LogP contribution >= 0.6 is 0 Å². The Hall–Kier alpha value is -2.41. The first kappa shape index (κ1) is 15.6. The number of carboxylic acids is 1. The number of carbonyl (C=O) groups excluding carboxylic acids is 2. The average molecular weight is 280 g/mol. The highest BCUT2D eigenvalue weighted by Gasteiger charge is 2.18. The molecule has 1 atom stereocenters. The summed E-state index contributed by atoms with van der Waals surface area (Å²) in [6.45, 7) is 0.805. The first-order valence-corrected chi connectivity index (χ1v) is 5.92. The van der Waals surface area contributed by atoms with Gasteiger partial charge in [-0.1, -0.05) is 17.7 Å². The Bertz CT molecular complexity index is 498. The Morgan fingerprint density at radius 3 is 2.30 bits per heavy atom. The van der Waals surface area contributed by atoms with Crippen LogP contribution in [0.25, 0.3) is 0 Å². The number of carbonyl (C=O) groups is 3. The molecular weight excluding hydrogens is 264 g/mol. The molecule has 0 saturated carbocycles. The molecule has 0 spiro atoms. The van der Waals surface area contributed by atoms with E-state index in [1.165, 1.54) is 0 Å². The van der Waals surface area contributed by atoms with Gasteiger partial charge in [-0.25, -0.2) is 4.79 Å². The van der Waals surface area contributed by atoms with Gasteiger partial charge in [0.25, 0.3) is 5.91 Å². The van der Waals surface area contributed by atoms with Gasteiger partial charge in [0.05, 0.1) is 13.2 Å². The van der Waals surface area contributed by atoms with Gasteiger partial charge in [-0.05, 0) is 19.1 Å². The summed E-state index contributed by atoms with van der Waals surface area (Å²) >= 11 is 0. The van der Waals surface area contributed by atoms with Gasteiger partial charge in [-0.3, -0.25) is 9.59 Å². The fourth-order valence-corrected chi connectivity index (χ4v) is 1.40. The third kappa shape index (κ3) is 4.69. The molecule has 2 amide bonds. The smallest absolute Gasteiger partial charge is 0.328 e. The molecular formula is C13H16N2O5. The zero-order valence-electron chi connectivity index (χ0n) is 10.9. The number of amides is 2. The maximum absolute atomic E-state index is 11.7. The van der Waals surface area contributed by atoms with Crippen LogP contribution in [0.5, 0.6) is 0 Å². The number of nitrogens with one attached hydrogen (secondary N) is 2. The minimum Gasteiger partial charge on any atom is -0.480 e. The van der Waals surface area contributed by atoms with Crippen molar-refractivity contribution in [3.05, 3.63) is 35.4 Å². The van der Waals surface area contributed by atoms with Crippen LogP contribution in [0.3, 0.4) is 0 Å². The summed E-state index contributed by atoms with van der Waals surface area (Å²) in [6, 6.07) is 5.40. The molecule has 0 aliphatic heterocycles. The van der Waals surface area contributed by atoms with Gasteiger partial charge in [0.1, 0.15) is 6.04 Å². The topological polar surface area (TPSA) is 116 Å². The lowest BCUT2D eigenvalue weighted by atomic mass is 10.1. The van der Waals surface area contributed by atoms with E-state index in [9.17, 15) is 14.4 Å². The van der Waals surface area contributed by atoms with Crippen LogP contribution in [-0.4, -0.2) is 47.2 Å². The lowest BCUT2D eigenvalue weighted by Gasteiger charge is -2.12. The van der Waals surface area contributed by atoms with E-state index in [1.807, 2.05) is 6.92 Å². The van der Waals surface area contributed by atoms with Crippen molar-refractivity contribution >= 4 is 17.8 Å². The monoisotopic (exact) mass is 280 g/mol. The zero-order chi connectivity index (χ0) is 15.1. The number of aryl methyl sites for hydroxylation is 1. The molecule has 4 N–H and O–H groups in total. The van der Waals surface area contributed by atoms with Crippen LogP contribution in [-0.2, 0) is 9.59 Å². The first-order chi connectivity index (χ1) is 9.43. The second-order valence-corrected chi connectivity index (χ2v) is 4.19. The fraction of sp³-hybridized carbons (Fsp3) is 0.308. The normalized spacial score (nSPS) is 11.5. The number of hydrogen-bond donors (Lipinski definition) is 4. The van der Waals surface area contributed by atoms with E-state index in [-0.39, 0.29) is 6.54 Å². The maximum atomic E-state index is 11.7. The summed E-state index contributed by atoms with van der Waals surface area (Å²) in [4.78, 5) is 33.7. The minimum atomic E-state index is -1.38. The van der Waals surface area contributed by atoms with Crippen molar-refractivity contribution < 1.29 is 24.6 Å². The zero-order valence-corrected chi connectivity index (χ0v) is 10.9. The third-order valence-corrected chi connectivity index (χ3v) is 2.54. The molecule has 108 valence electrons. The minimum absolute atomic E-state index is 0.365. The SMILES string of the molecule is Cc1ccc(C(=O)NCC(=O)NC(CO)C(=O)O)cc1. The van der Waals surface area contributed by atoms with Gasteiger partial charge in [0.15, 0.2) is 0 Å². The Balaban J connectivity index is 2.46. The van der Waals surface area contributed by atoms with Gasteiger partial charge >= 0.3 is 5.97 Å². The van der Waals surface area contributed by atoms with Crippen molar-refractivity contribution in [2.75, 3.05) is 13.2 Å². The lowest BCUT2D eigenvalue weighted by Crippen LogP contribution is -2.47. The third-order valence-electron chi connectivity index (χ3n) is 2.54. The van der Waals surface area contributed by atoms with Crippen LogP contribution in [0.1, 0.15) is 15.9 Å². The Labute approximate surface area is 115 Å². The van der Waals surface area contributed by atoms with Gasteiger partial charge in [-0.15, -0.1) is 0 Å². The Morgan fingerprint density at radius 1 is 1.20 bits per heavy atom. The largest absolute Gasteiger partial charge is 0.480 e. The molecule has 0 aliphatic carbocycles. The van der Waals surface area contributed by atoms with Gasteiger partial charge < -0.3 is 20.8 Å². The highest BCUT2D eigenvalue weighted by molar-refractivity contribution is 5.96. The molecule has 0 saturated heterocycles. The van der Waals surface area contributed by atoms with Crippen LogP contribution in [0.2, 0.25) is 0 Å². The quantitative estimate of drug-likeness (QED) is 0.549. The van der Waals surface area contributed by atoms with E-state index in [0.29, 0.717) is 5.56 Å². The van der Waals surface area contributed by atoms with Crippen molar-refractivity contribution in [2.24, 2.45) is 0 Å². The lowest BCUT2D eigenvalue weighted by molar-refractivity contribution is -0.142. The van der Waals surface area contributed by atoms with Crippen molar-refractivity contribution in [3.8, 4) is 0 Å². The molecule has 0 aliphatic rings. The molecule has 0 bridgehead atoms. The van der Waals surface area contributed by atoms with Gasteiger partial charge in [-0.2, -0.15) is 0 Å². The molecule has 0 aromatic heterocycles. The second kappa shape index (κ2) is 7.25. The summed E-state index contributed by atoms with van der Waals surface area (Å²) in [5.41, 5.74) is 1.41. The fourth-order valence-electron chi connectivity index (χ4n) is 1.40. The molecule has 1 aromatic rings. The standard InChI is InChI=1S/C13H16N2O5/c1-8-2-4-9(5-3-8)12(18)14-6-11(17)15-10(7-16)13(19)20/h2-5,10,16H,6-7H2,1H3,(H,14,18)(H,15,17)(H,19,20). The van der Waals surface area contributed by atoms with E-state index in [4.69, 9.17) is 10.2 Å². The number of aliphatic carboxylic acids is 1. The number of hydrogen-bond acceptors (Lipinski definition) is 4. The van der Waals surface area contributed by atoms with Gasteiger partial charge in [0.2, 0.25) is 5.91 Å². The van der Waals surface area contributed by atoms with E-state index in [0.717, 1.165) is 5.56 Å². The Kier molecular flexibility index (Phi) is 5.67. The molecule has 20 heavy (non-hydrogen) atoms. The van der Waals surface area contributed by atoms with Crippen LogP contribution < -0.4 is 10.6 Å². The van der Waals surface area contributed by atoms with E-state index in [2.05, 4.69) is 10.6 Å². The molecule has 1 unspecified atom stereocenters. The molecule has 0 radical (unpaired) electrons. The summed E-state index contributed by atoms with van der Waals surface area (Å²) in [5, 5.41) is 21.8. The van der Waals surface area contributed by atoms with Crippen molar-refractivity contribution in [1.29, 1.82) is 0 Å². The molecule has 0 fully saturated rings. The molecule has 1 aromatic carbocycles. The molecule has 7 heteroatoms. The van der Waals surface area contributed by atoms with Crippen molar-refractivity contribution in [1.82, 2.24) is 10.6 Å². The molecule has 7 nitrogen and oxygen atoms in total. The second-order valence-electron chi connectivity index (χ2n) is 4.19. The molecule has 1 rings (SSSR count). The number of benzene rings is 1. The summed E-state index contributed by atoms with van der Waals surface area (Å²) < 4.78 is 0. The van der Waals surface area contributed by atoms with E-state index < -0.39 is 30.4 Å². The van der Waals surface area contributed by atoms with E-state index >= 15 is 0 Å².